The maximum absolute atomic E-state index is 12.8. The van der Waals surface area contributed by atoms with E-state index in [-0.39, 0.29) is 11.5 Å². The number of rotatable bonds is 5. The predicted octanol–water partition coefficient (Wildman–Crippen LogP) is 3.85. The van der Waals surface area contributed by atoms with Gasteiger partial charge in [0.2, 0.25) is 0 Å². The fraction of sp³-hybridized carbons (Fsp3) is 0.636. The Kier molecular flexibility index (Phi) is 6.08. The molecule has 2 fully saturated rings. The van der Waals surface area contributed by atoms with Crippen molar-refractivity contribution in [3.8, 4) is 0 Å². The molecular weight excluding hydrogens is 386 g/mol. The molecule has 1 unspecified atom stereocenters. The minimum absolute atomic E-state index is 0.0435. The molecule has 6 nitrogen and oxygen atoms in total. The average Bonchev–Trinajstić information content (AvgIpc) is 3.35. The minimum atomic E-state index is -0.195. The van der Waals surface area contributed by atoms with Crippen LogP contribution < -0.4 is 0 Å². The Morgan fingerprint density at radius 1 is 1.28 bits per heavy atom. The molecule has 0 bridgehead atoms. The predicted molar refractivity (Wildman–Crippen MR) is 114 cm³/mol. The summed E-state index contributed by atoms with van der Waals surface area (Å²) in [7, 11) is 0. The van der Waals surface area contributed by atoms with Crippen molar-refractivity contribution in [3.63, 3.8) is 0 Å². The number of ether oxygens (including phenoxy) is 1. The third-order valence-electron chi connectivity index (χ3n) is 6.27. The lowest BCUT2D eigenvalue weighted by molar-refractivity contribution is -0.127. The van der Waals surface area contributed by atoms with Gasteiger partial charge in [-0.25, -0.2) is 4.98 Å². The maximum Gasteiger partial charge on any atom is 0.273 e. The molecular formula is C22H31N3O3S. The summed E-state index contributed by atoms with van der Waals surface area (Å²) in [5.74, 6) is 2.54. The van der Waals surface area contributed by atoms with Crippen LogP contribution in [0, 0.1) is 13.8 Å². The molecule has 0 aliphatic carbocycles. The number of morpholine rings is 1. The molecule has 0 saturated carbocycles. The fourth-order valence-electron chi connectivity index (χ4n) is 4.37. The van der Waals surface area contributed by atoms with E-state index in [2.05, 4.69) is 22.9 Å². The normalized spacial score (nSPS) is 20.9. The molecule has 4 rings (SSSR count). The Bertz CT molecular complexity index is 838. The zero-order chi connectivity index (χ0) is 20.4. The van der Waals surface area contributed by atoms with Crippen molar-refractivity contribution < 1.29 is 13.9 Å². The van der Waals surface area contributed by atoms with Gasteiger partial charge in [-0.1, -0.05) is 6.92 Å². The molecule has 0 N–H and O–H groups in total. The number of aromatic nitrogens is 1. The van der Waals surface area contributed by atoms with Crippen LogP contribution in [0.1, 0.15) is 59.1 Å². The van der Waals surface area contributed by atoms with E-state index in [0.29, 0.717) is 31.3 Å². The Morgan fingerprint density at radius 3 is 2.72 bits per heavy atom. The summed E-state index contributed by atoms with van der Waals surface area (Å²) in [5.41, 5.74) is 0.378. The number of amides is 1. The molecule has 7 heteroatoms. The van der Waals surface area contributed by atoms with Gasteiger partial charge in [-0.3, -0.25) is 4.79 Å². The van der Waals surface area contributed by atoms with Crippen LogP contribution in [-0.4, -0.2) is 65.6 Å². The van der Waals surface area contributed by atoms with Crippen LogP contribution in [0.4, 0.5) is 0 Å². The molecule has 0 radical (unpaired) electrons. The maximum atomic E-state index is 12.8. The van der Waals surface area contributed by atoms with Crippen molar-refractivity contribution in [2.24, 2.45) is 0 Å². The number of carbonyl (C=O) groups excluding carboxylic acids is 1. The van der Waals surface area contributed by atoms with Gasteiger partial charge < -0.3 is 19.0 Å². The first-order valence-corrected chi connectivity index (χ1v) is 11.5. The van der Waals surface area contributed by atoms with E-state index in [9.17, 15) is 4.79 Å². The fourth-order valence-corrected chi connectivity index (χ4v) is 4.95. The number of aryl methyl sites for hydroxylation is 2. The van der Waals surface area contributed by atoms with E-state index < -0.39 is 0 Å². The third kappa shape index (κ3) is 4.73. The molecule has 2 aliphatic rings. The highest BCUT2D eigenvalue weighted by Gasteiger charge is 2.41. The smallest absolute Gasteiger partial charge is 0.273 e. The Hall–Kier alpha value is -1.70. The Balaban J connectivity index is 1.28. The van der Waals surface area contributed by atoms with Gasteiger partial charge in [0, 0.05) is 30.9 Å². The van der Waals surface area contributed by atoms with E-state index in [1.807, 2.05) is 30.2 Å². The second-order valence-corrected chi connectivity index (χ2v) is 9.55. The van der Waals surface area contributed by atoms with Crippen LogP contribution in [0.3, 0.4) is 0 Å². The highest BCUT2D eigenvalue weighted by molar-refractivity contribution is 7.09. The van der Waals surface area contributed by atoms with E-state index in [1.54, 1.807) is 0 Å². The van der Waals surface area contributed by atoms with Crippen LogP contribution in [0.5, 0.6) is 0 Å². The van der Waals surface area contributed by atoms with Crippen molar-refractivity contribution in [1.82, 2.24) is 14.8 Å². The summed E-state index contributed by atoms with van der Waals surface area (Å²) in [6, 6.07) is 4.13. The molecule has 0 aromatic carbocycles. The lowest BCUT2D eigenvalue weighted by Gasteiger charge is -2.47. The number of hydrogen-bond donors (Lipinski definition) is 0. The van der Waals surface area contributed by atoms with Gasteiger partial charge in [-0.15, -0.1) is 11.3 Å². The van der Waals surface area contributed by atoms with E-state index in [4.69, 9.17) is 9.15 Å². The summed E-state index contributed by atoms with van der Waals surface area (Å²) in [5, 5.41) is 2.80. The molecule has 1 atom stereocenters. The SMILES string of the molecule is Cc1ccc(C(C)CCN2CCC3(CC2)CN(C(=O)c2csc(C)n2)CCO3)o1. The number of piperidine rings is 1. The van der Waals surface area contributed by atoms with Crippen LogP contribution in [0.2, 0.25) is 0 Å². The number of hydrogen-bond acceptors (Lipinski definition) is 6. The van der Waals surface area contributed by atoms with Crippen molar-refractivity contribution in [2.45, 2.75) is 51.6 Å². The first kappa shape index (κ1) is 20.6. The zero-order valence-corrected chi connectivity index (χ0v) is 18.5. The van der Waals surface area contributed by atoms with Crippen molar-refractivity contribution in [2.75, 3.05) is 39.3 Å². The van der Waals surface area contributed by atoms with Crippen molar-refractivity contribution >= 4 is 17.2 Å². The number of furan rings is 1. The Labute approximate surface area is 176 Å². The first-order valence-electron chi connectivity index (χ1n) is 10.6. The quantitative estimate of drug-likeness (QED) is 0.739. The lowest BCUT2D eigenvalue weighted by atomic mass is 9.89. The molecule has 2 saturated heterocycles. The molecule has 1 amide bonds. The second kappa shape index (κ2) is 8.58. The largest absolute Gasteiger partial charge is 0.466 e. The topological polar surface area (TPSA) is 58.8 Å². The van der Waals surface area contributed by atoms with Gasteiger partial charge in [0.1, 0.15) is 17.2 Å². The first-order chi connectivity index (χ1) is 13.9. The van der Waals surface area contributed by atoms with Gasteiger partial charge in [0.05, 0.1) is 23.8 Å². The van der Waals surface area contributed by atoms with Gasteiger partial charge >= 0.3 is 0 Å². The highest BCUT2D eigenvalue weighted by Crippen LogP contribution is 2.31. The number of thiazole rings is 1. The summed E-state index contributed by atoms with van der Waals surface area (Å²) in [6.07, 6.45) is 3.04. The Morgan fingerprint density at radius 2 is 2.07 bits per heavy atom. The molecule has 2 aromatic rings. The summed E-state index contributed by atoms with van der Waals surface area (Å²) in [6.45, 7) is 11.2. The van der Waals surface area contributed by atoms with Crippen LogP contribution in [0.25, 0.3) is 0 Å². The third-order valence-corrected chi connectivity index (χ3v) is 7.04. The molecule has 2 aromatic heterocycles. The summed E-state index contributed by atoms with van der Waals surface area (Å²) < 4.78 is 12.0. The monoisotopic (exact) mass is 417 g/mol. The van der Waals surface area contributed by atoms with E-state index in [0.717, 1.165) is 55.4 Å². The van der Waals surface area contributed by atoms with Crippen LogP contribution in [-0.2, 0) is 4.74 Å². The van der Waals surface area contributed by atoms with Gasteiger partial charge in [0.25, 0.3) is 5.91 Å². The molecule has 4 heterocycles. The van der Waals surface area contributed by atoms with Gasteiger partial charge in [-0.05, 0) is 51.8 Å². The molecule has 2 aliphatic heterocycles. The lowest BCUT2D eigenvalue weighted by Crippen LogP contribution is -2.58. The highest BCUT2D eigenvalue weighted by atomic mass is 32.1. The molecule has 158 valence electrons. The molecule has 29 heavy (non-hydrogen) atoms. The van der Waals surface area contributed by atoms with Gasteiger partial charge in [0.15, 0.2) is 0 Å². The van der Waals surface area contributed by atoms with Crippen LogP contribution in [0.15, 0.2) is 21.9 Å². The second-order valence-electron chi connectivity index (χ2n) is 8.49. The van der Waals surface area contributed by atoms with E-state index in [1.165, 1.54) is 11.3 Å². The van der Waals surface area contributed by atoms with Crippen LogP contribution >= 0.6 is 11.3 Å². The molecule has 1 spiro atoms. The van der Waals surface area contributed by atoms with Crippen molar-refractivity contribution in [1.29, 1.82) is 0 Å². The average molecular weight is 418 g/mol. The minimum Gasteiger partial charge on any atom is -0.466 e. The standard InChI is InChI=1S/C22H31N3O3S/c1-16(20-5-4-17(2)28-20)6-9-24-10-7-22(8-11-24)15-25(12-13-27-22)21(26)19-14-29-18(3)23-19/h4-5,14,16H,6-13,15H2,1-3H3. The van der Waals surface area contributed by atoms with E-state index >= 15 is 0 Å². The van der Waals surface area contributed by atoms with Gasteiger partial charge in [-0.2, -0.15) is 0 Å². The summed E-state index contributed by atoms with van der Waals surface area (Å²) in [4.78, 5) is 21.6. The zero-order valence-electron chi connectivity index (χ0n) is 17.6. The number of carbonyl (C=O) groups is 1. The number of likely N-dealkylation sites (tertiary alicyclic amines) is 1. The van der Waals surface area contributed by atoms with Crippen molar-refractivity contribution in [3.05, 3.63) is 39.7 Å². The summed E-state index contributed by atoms with van der Waals surface area (Å²) >= 11 is 1.53. The number of nitrogens with zero attached hydrogens (tertiary/aromatic N) is 3.